The van der Waals surface area contributed by atoms with E-state index in [1.54, 1.807) is 13.0 Å². The van der Waals surface area contributed by atoms with Crippen molar-refractivity contribution < 1.29 is 4.92 Å². The van der Waals surface area contributed by atoms with Crippen LogP contribution in [0.5, 0.6) is 0 Å². The third-order valence-electron chi connectivity index (χ3n) is 1.81. The van der Waals surface area contributed by atoms with Gasteiger partial charge in [-0.3, -0.25) is 10.1 Å². The Kier molecular flexibility index (Phi) is 3.60. The molecule has 8 heteroatoms. The first kappa shape index (κ1) is 12.4. The van der Waals surface area contributed by atoms with Crippen molar-refractivity contribution >= 4 is 23.3 Å². The molecule has 1 rings (SSSR count). The van der Waals surface area contributed by atoms with Crippen LogP contribution < -0.4 is 17.2 Å². The van der Waals surface area contributed by atoms with E-state index >= 15 is 0 Å². The molecule has 0 aliphatic carbocycles. The summed E-state index contributed by atoms with van der Waals surface area (Å²) < 4.78 is 0. The van der Waals surface area contributed by atoms with E-state index in [1.807, 2.05) is 0 Å². The summed E-state index contributed by atoms with van der Waals surface area (Å²) in [6.07, 6.45) is 0. The summed E-state index contributed by atoms with van der Waals surface area (Å²) in [5.41, 5.74) is 16.3. The summed E-state index contributed by atoms with van der Waals surface area (Å²) in [7, 11) is 0. The second-order valence-electron chi connectivity index (χ2n) is 3.26. The summed E-state index contributed by atoms with van der Waals surface area (Å²) in [4.78, 5) is 17.5. The maximum absolute atomic E-state index is 10.8. The summed E-state index contributed by atoms with van der Waals surface area (Å²) in [5, 5.41) is 10.8. The monoisotopic (exact) mass is 236 g/mol. The van der Waals surface area contributed by atoms with Crippen LogP contribution in [0.4, 0.5) is 11.4 Å². The Morgan fingerprint density at radius 2 is 2.00 bits per heavy atom. The van der Waals surface area contributed by atoms with E-state index in [1.165, 1.54) is 12.1 Å². The number of nitro groups is 1. The minimum atomic E-state index is -0.547. The van der Waals surface area contributed by atoms with Gasteiger partial charge >= 0.3 is 0 Å². The van der Waals surface area contributed by atoms with Gasteiger partial charge in [-0.1, -0.05) is 6.07 Å². The van der Waals surface area contributed by atoms with E-state index < -0.39 is 4.92 Å². The van der Waals surface area contributed by atoms with Crippen molar-refractivity contribution in [2.75, 3.05) is 0 Å². The van der Waals surface area contributed by atoms with Crippen LogP contribution >= 0.6 is 0 Å². The standard InChI is InChI=1S/C9H12N6O2/c1-5-2-3-6(7(4-5)15(16)17)13-9(12)14-8(10)11/h2-4H,1H3,(H6,10,11,12,13,14). The Bertz CT molecular complexity index is 504. The molecule has 0 saturated heterocycles. The SMILES string of the molecule is Cc1ccc(N=C(N)N=C(N)N)c([N+](=O)[O-])c1. The first-order valence-electron chi connectivity index (χ1n) is 4.59. The normalized spacial score (nSPS) is 11.0. The van der Waals surface area contributed by atoms with Gasteiger partial charge in [0.05, 0.1) is 4.92 Å². The average Bonchev–Trinajstić information content (AvgIpc) is 2.19. The van der Waals surface area contributed by atoms with Gasteiger partial charge in [0, 0.05) is 6.07 Å². The molecule has 90 valence electrons. The molecular formula is C9H12N6O2. The molecule has 0 radical (unpaired) electrons. The third kappa shape index (κ3) is 3.45. The second kappa shape index (κ2) is 4.92. The maximum Gasteiger partial charge on any atom is 0.295 e. The van der Waals surface area contributed by atoms with Crippen LogP contribution in [-0.2, 0) is 0 Å². The number of hydrogen-bond acceptors (Lipinski definition) is 3. The van der Waals surface area contributed by atoms with Crippen molar-refractivity contribution in [1.82, 2.24) is 0 Å². The number of guanidine groups is 2. The Balaban J connectivity index is 3.23. The molecular weight excluding hydrogens is 224 g/mol. The highest BCUT2D eigenvalue weighted by atomic mass is 16.6. The van der Waals surface area contributed by atoms with Crippen molar-refractivity contribution in [3.05, 3.63) is 33.9 Å². The highest BCUT2D eigenvalue weighted by Gasteiger charge is 2.13. The highest BCUT2D eigenvalue weighted by Crippen LogP contribution is 2.27. The summed E-state index contributed by atoms with van der Waals surface area (Å²) >= 11 is 0. The van der Waals surface area contributed by atoms with Crippen molar-refractivity contribution in [1.29, 1.82) is 0 Å². The predicted octanol–water partition coefficient (Wildman–Crippen LogP) is 0.123. The van der Waals surface area contributed by atoms with E-state index in [-0.39, 0.29) is 23.3 Å². The zero-order valence-electron chi connectivity index (χ0n) is 9.12. The molecule has 0 aliphatic rings. The van der Waals surface area contributed by atoms with Crippen molar-refractivity contribution in [2.24, 2.45) is 27.2 Å². The lowest BCUT2D eigenvalue weighted by atomic mass is 10.2. The van der Waals surface area contributed by atoms with E-state index in [0.717, 1.165) is 5.56 Å². The zero-order chi connectivity index (χ0) is 13.0. The molecule has 0 fully saturated rings. The largest absolute Gasteiger partial charge is 0.370 e. The minimum Gasteiger partial charge on any atom is -0.370 e. The Labute approximate surface area is 97.0 Å². The van der Waals surface area contributed by atoms with Gasteiger partial charge in [0.15, 0.2) is 5.96 Å². The van der Waals surface area contributed by atoms with Crippen LogP contribution in [0.15, 0.2) is 28.2 Å². The molecule has 0 spiro atoms. The lowest BCUT2D eigenvalue weighted by Gasteiger charge is -1.99. The van der Waals surface area contributed by atoms with E-state index in [4.69, 9.17) is 17.2 Å². The first-order valence-corrected chi connectivity index (χ1v) is 4.59. The third-order valence-corrected chi connectivity index (χ3v) is 1.81. The van der Waals surface area contributed by atoms with E-state index in [9.17, 15) is 10.1 Å². The number of nitrogens with two attached hydrogens (primary N) is 3. The predicted molar refractivity (Wildman–Crippen MR) is 64.9 cm³/mol. The van der Waals surface area contributed by atoms with Crippen LogP contribution in [0.2, 0.25) is 0 Å². The molecule has 0 heterocycles. The molecule has 8 nitrogen and oxygen atoms in total. The molecule has 1 aromatic carbocycles. The molecule has 0 amide bonds. The molecule has 0 aliphatic heterocycles. The summed E-state index contributed by atoms with van der Waals surface area (Å²) in [5.74, 6) is -0.502. The topological polar surface area (TPSA) is 146 Å². The summed E-state index contributed by atoms with van der Waals surface area (Å²) in [6.45, 7) is 1.74. The fourth-order valence-electron chi connectivity index (χ4n) is 1.15. The number of nitrogens with zero attached hydrogens (tertiary/aromatic N) is 3. The minimum absolute atomic E-state index is 0.100. The lowest BCUT2D eigenvalue weighted by Crippen LogP contribution is -2.26. The van der Waals surface area contributed by atoms with Gasteiger partial charge in [-0.05, 0) is 18.6 Å². The quantitative estimate of drug-likeness (QED) is 0.289. The van der Waals surface area contributed by atoms with Gasteiger partial charge in [-0.15, -0.1) is 0 Å². The zero-order valence-corrected chi connectivity index (χ0v) is 9.12. The van der Waals surface area contributed by atoms with Crippen LogP contribution in [0.3, 0.4) is 0 Å². The Morgan fingerprint density at radius 1 is 1.35 bits per heavy atom. The van der Waals surface area contributed by atoms with Crippen molar-refractivity contribution in [2.45, 2.75) is 6.92 Å². The number of benzene rings is 1. The first-order chi connectivity index (χ1) is 7.90. The lowest BCUT2D eigenvalue weighted by molar-refractivity contribution is -0.384. The molecule has 0 unspecified atom stereocenters. The smallest absolute Gasteiger partial charge is 0.295 e. The highest BCUT2D eigenvalue weighted by molar-refractivity contribution is 5.94. The van der Waals surface area contributed by atoms with Crippen LogP contribution in [0.25, 0.3) is 0 Å². The molecule has 0 aromatic heterocycles. The molecule has 0 atom stereocenters. The van der Waals surface area contributed by atoms with E-state index in [2.05, 4.69) is 9.98 Å². The van der Waals surface area contributed by atoms with Gasteiger partial charge < -0.3 is 17.2 Å². The Hall–Kier alpha value is -2.64. The molecule has 0 bridgehead atoms. The molecule has 1 aromatic rings. The molecule has 17 heavy (non-hydrogen) atoms. The number of rotatable bonds is 2. The average molecular weight is 236 g/mol. The fourth-order valence-corrected chi connectivity index (χ4v) is 1.15. The van der Waals surface area contributed by atoms with Gasteiger partial charge in [0.2, 0.25) is 5.96 Å². The molecule has 6 N–H and O–H groups in total. The number of aliphatic imine (C=N–C) groups is 2. The number of aryl methyl sites for hydroxylation is 1. The molecule has 0 saturated carbocycles. The van der Waals surface area contributed by atoms with Crippen LogP contribution in [0.1, 0.15) is 5.56 Å². The van der Waals surface area contributed by atoms with Crippen LogP contribution in [0, 0.1) is 17.0 Å². The fraction of sp³-hybridized carbons (Fsp3) is 0.111. The number of nitro benzene ring substituents is 1. The van der Waals surface area contributed by atoms with Gasteiger partial charge in [-0.25, -0.2) is 4.99 Å². The number of hydrogen-bond donors (Lipinski definition) is 3. The van der Waals surface area contributed by atoms with E-state index in [0.29, 0.717) is 0 Å². The van der Waals surface area contributed by atoms with Gasteiger partial charge in [0.25, 0.3) is 5.69 Å². The summed E-state index contributed by atoms with van der Waals surface area (Å²) in [6, 6.07) is 4.54. The van der Waals surface area contributed by atoms with Crippen molar-refractivity contribution in [3.8, 4) is 0 Å². The van der Waals surface area contributed by atoms with Crippen molar-refractivity contribution in [3.63, 3.8) is 0 Å². The van der Waals surface area contributed by atoms with Gasteiger partial charge in [0.1, 0.15) is 5.69 Å². The maximum atomic E-state index is 10.8. The van der Waals surface area contributed by atoms with Gasteiger partial charge in [-0.2, -0.15) is 4.99 Å². The van der Waals surface area contributed by atoms with Crippen LogP contribution in [-0.4, -0.2) is 16.8 Å². The Morgan fingerprint density at radius 3 is 2.53 bits per heavy atom. The second-order valence-corrected chi connectivity index (χ2v) is 3.26.